The van der Waals surface area contributed by atoms with Gasteiger partial charge in [0, 0.05) is 5.56 Å². The van der Waals surface area contributed by atoms with E-state index in [9.17, 15) is 14.4 Å². The summed E-state index contributed by atoms with van der Waals surface area (Å²) in [7, 11) is 0. The molecule has 3 rings (SSSR count). The van der Waals surface area contributed by atoms with E-state index in [0.29, 0.717) is 16.5 Å². The Kier molecular flexibility index (Phi) is 5.35. The molecule has 0 aliphatic carbocycles. The van der Waals surface area contributed by atoms with Crippen LogP contribution in [0.3, 0.4) is 0 Å². The molecule has 0 radical (unpaired) electrons. The number of aromatic nitrogens is 3. The fraction of sp³-hybridized carbons (Fsp3) is 0.286. The Hall–Kier alpha value is -3.35. The minimum atomic E-state index is -0.975. The summed E-state index contributed by atoms with van der Waals surface area (Å²) in [6, 6.07) is 10.5. The van der Waals surface area contributed by atoms with Crippen LogP contribution in [0.4, 0.5) is 0 Å². The third-order valence-corrected chi connectivity index (χ3v) is 4.69. The first-order valence-electron chi connectivity index (χ1n) is 8.92. The molecule has 1 heterocycles. The highest BCUT2D eigenvalue weighted by molar-refractivity contribution is 6.01. The SMILES string of the molecule is Cc1cc(C)c(C(=O)C(C)OC(=O)Cn2nnc3ccccc3c2=O)cc1C. The maximum atomic E-state index is 12.7. The Balaban J connectivity index is 1.74. The highest BCUT2D eigenvalue weighted by Crippen LogP contribution is 2.18. The van der Waals surface area contributed by atoms with Gasteiger partial charge in [-0.3, -0.25) is 14.4 Å². The molecule has 1 atom stereocenters. The number of rotatable bonds is 5. The van der Waals surface area contributed by atoms with E-state index in [0.717, 1.165) is 21.4 Å². The first-order chi connectivity index (χ1) is 13.3. The Morgan fingerprint density at radius 3 is 2.50 bits per heavy atom. The molecule has 0 aliphatic rings. The molecule has 3 aromatic rings. The van der Waals surface area contributed by atoms with E-state index in [1.807, 2.05) is 26.8 Å². The van der Waals surface area contributed by atoms with Crippen molar-refractivity contribution in [2.45, 2.75) is 40.3 Å². The van der Waals surface area contributed by atoms with Crippen molar-refractivity contribution < 1.29 is 14.3 Å². The lowest BCUT2D eigenvalue weighted by Crippen LogP contribution is -2.32. The van der Waals surface area contributed by atoms with Crippen LogP contribution in [0, 0.1) is 20.8 Å². The van der Waals surface area contributed by atoms with Crippen LogP contribution in [0.2, 0.25) is 0 Å². The summed E-state index contributed by atoms with van der Waals surface area (Å²) >= 11 is 0. The first-order valence-corrected chi connectivity index (χ1v) is 8.92. The predicted molar refractivity (Wildman–Crippen MR) is 104 cm³/mol. The van der Waals surface area contributed by atoms with Crippen molar-refractivity contribution in [3.8, 4) is 0 Å². The molecular formula is C21H21N3O4. The number of benzene rings is 2. The quantitative estimate of drug-likeness (QED) is 0.500. The van der Waals surface area contributed by atoms with Crippen LogP contribution in [0.5, 0.6) is 0 Å². The molecule has 0 saturated carbocycles. The number of ether oxygens (including phenoxy) is 1. The first kappa shape index (κ1) is 19.4. The number of carbonyl (C=O) groups excluding carboxylic acids is 2. The number of esters is 1. The van der Waals surface area contributed by atoms with Gasteiger partial charge in [-0.1, -0.05) is 23.4 Å². The highest BCUT2D eigenvalue weighted by Gasteiger charge is 2.22. The van der Waals surface area contributed by atoms with Crippen LogP contribution in [-0.4, -0.2) is 32.9 Å². The lowest BCUT2D eigenvalue weighted by Gasteiger charge is -2.15. The van der Waals surface area contributed by atoms with E-state index in [4.69, 9.17) is 4.74 Å². The summed E-state index contributed by atoms with van der Waals surface area (Å²) in [6.07, 6.45) is -0.975. The van der Waals surface area contributed by atoms with Gasteiger partial charge in [-0.15, -0.1) is 5.10 Å². The fourth-order valence-corrected chi connectivity index (χ4v) is 2.98. The van der Waals surface area contributed by atoms with Gasteiger partial charge in [-0.25, -0.2) is 0 Å². The van der Waals surface area contributed by atoms with E-state index in [2.05, 4.69) is 10.3 Å². The van der Waals surface area contributed by atoms with Gasteiger partial charge in [0.25, 0.3) is 5.56 Å². The topological polar surface area (TPSA) is 91.2 Å². The highest BCUT2D eigenvalue weighted by atomic mass is 16.5. The zero-order valence-corrected chi connectivity index (χ0v) is 16.2. The van der Waals surface area contributed by atoms with Crippen molar-refractivity contribution in [3.05, 3.63) is 69.0 Å². The number of hydrogen-bond donors (Lipinski definition) is 0. The lowest BCUT2D eigenvalue weighted by molar-refractivity contribution is -0.147. The van der Waals surface area contributed by atoms with Crippen molar-refractivity contribution in [1.29, 1.82) is 0 Å². The second-order valence-electron chi connectivity index (χ2n) is 6.82. The zero-order valence-electron chi connectivity index (χ0n) is 16.2. The van der Waals surface area contributed by atoms with Crippen LogP contribution in [0.15, 0.2) is 41.2 Å². The molecule has 0 amide bonds. The molecule has 0 aliphatic heterocycles. The van der Waals surface area contributed by atoms with Gasteiger partial charge in [-0.05, 0) is 62.6 Å². The Morgan fingerprint density at radius 2 is 1.75 bits per heavy atom. The maximum absolute atomic E-state index is 12.7. The van der Waals surface area contributed by atoms with E-state index in [-0.39, 0.29) is 5.78 Å². The maximum Gasteiger partial charge on any atom is 0.328 e. The Bertz CT molecular complexity index is 1130. The minimum Gasteiger partial charge on any atom is -0.453 e. The molecule has 2 aromatic carbocycles. The van der Waals surface area contributed by atoms with Crippen molar-refractivity contribution in [3.63, 3.8) is 0 Å². The van der Waals surface area contributed by atoms with Gasteiger partial charge >= 0.3 is 5.97 Å². The van der Waals surface area contributed by atoms with Crippen LogP contribution in [0.25, 0.3) is 10.9 Å². The molecule has 0 fully saturated rings. The fourth-order valence-electron chi connectivity index (χ4n) is 2.98. The van der Waals surface area contributed by atoms with Gasteiger partial charge in [-0.2, -0.15) is 4.68 Å². The standard InChI is InChI=1S/C21H21N3O4/c1-12-9-14(3)17(10-13(12)2)20(26)15(4)28-19(25)11-24-21(27)16-7-5-6-8-18(16)22-23-24/h5-10,15H,11H2,1-4H3. The molecule has 1 unspecified atom stereocenters. The number of carbonyl (C=O) groups is 2. The number of fused-ring (bicyclic) bond motifs is 1. The number of hydrogen-bond acceptors (Lipinski definition) is 6. The molecule has 0 spiro atoms. The second kappa shape index (κ2) is 7.72. The van der Waals surface area contributed by atoms with Crippen LogP contribution in [-0.2, 0) is 16.1 Å². The molecule has 1 aromatic heterocycles. The monoisotopic (exact) mass is 379 g/mol. The predicted octanol–water partition coefficient (Wildman–Crippen LogP) is 2.53. The molecule has 0 saturated heterocycles. The average molecular weight is 379 g/mol. The molecule has 28 heavy (non-hydrogen) atoms. The van der Waals surface area contributed by atoms with Gasteiger partial charge in [0.15, 0.2) is 6.10 Å². The number of nitrogens with zero attached hydrogens (tertiary/aromatic N) is 3. The lowest BCUT2D eigenvalue weighted by atomic mass is 9.96. The minimum absolute atomic E-state index is 0.286. The summed E-state index contributed by atoms with van der Waals surface area (Å²) in [4.78, 5) is 37.3. The molecule has 0 N–H and O–H groups in total. The van der Waals surface area contributed by atoms with E-state index < -0.39 is 24.2 Å². The van der Waals surface area contributed by atoms with Gasteiger partial charge in [0.2, 0.25) is 5.78 Å². The molecular weight excluding hydrogens is 358 g/mol. The summed E-state index contributed by atoms with van der Waals surface area (Å²) in [5.41, 5.74) is 3.44. The Morgan fingerprint density at radius 1 is 1.07 bits per heavy atom. The smallest absolute Gasteiger partial charge is 0.328 e. The normalized spacial score (nSPS) is 12.0. The number of Topliss-reactive ketones (excluding diaryl/α,β-unsaturated/α-hetero) is 1. The largest absolute Gasteiger partial charge is 0.453 e. The second-order valence-corrected chi connectivity index (χ2v) is 6.82. The summed E-state index contributed by atoms with van der Waals surface area (Å²) in [5.74, 6) is -1.01. The van der Waals surface area contributed by atoms with Crippen LogP contribution < -0.4 is 5.56 Å². The Labute approximate surface area is 161 Å². The van der Waals surface area contributed by atoms with Crippen molar-refractivity contribution in [2.75, 3.05) is 0 Å². The zero-order chi connectivity index (χ0) is 20.4. The van der Waals surface area contributed by atoms with Gasteiger partial charge < -0.3 is 4.74 Å². The van der Waals surface area contributed by atoms with E-state index in [1.54, 1.807) is 30.3 Å². The molecule has 0 bridgehead atoms. The molecule has 7 nitrogen and oxygen atoms in total. The van der Waals surface area contributed by atoms with E-state index >= 15 is 0 Å². The van der Waals surface area contributed by atoms with Gasteiger partial charge in [0.1, 0.15) is 12.1 Å². The third kappa shape index (κ3) is 3.83. The number of ketones is 1. The third-order valence-electron chi connectivity index (χ3n) is 4.69. The van der Waals surface area contributed by atoms with Crippen LogP contribution in [0.1, 0.15) is 34.0 Å². The van der Waals surface area contributed by atoms with Gasteiger partial charge in [0.05, 0.1) is 5.39 Å². The van der Waals surface area contributed by atoms with E-state index in [1.165, 1.54) is 6.92 Å². The summed E-state index contributed by atoms with van der Waals surface area (Å²) in [6.45, 7) is 6.85. The number of aryl methyl sites for hydroxylation is 3. The summed E-state index contributed by atoms with van der Waals surface area (Å²) < 4.78 is 6.18. The van der Waals surface area contributed by atoms with Crippen LogP contribution >= 0.6 is 0 Å². The average Bonchev–Trinajstić information content (AvgIpc) is 2.66. The summed E-state index contributed by atoms with van der Waals surface area (Å²) in [5, 5.41) is 8.05. The molecule has 7 heteroatoms. The van der Waals surface area contributed by atoms with Crippen molar-refractivity contribution in [1.82, 2.24) is 15.0 Å². The van der Waals surface area contributed by atoms with Crippen molar-refractivity contribution in [2.24, 2.45) is 0 Å². The van der Waals surface area contributed by atoms with Crippen molar-refractivity contribution >= 4 is 22.7 Å². The molecule has 144 valence electrons.